The first kappa shape index (κ1) is 17.1. The molecule has 0 saturated carbocycles. The van der Waals surface area contributed by atoms with Gasteiger partial charge in [0.2, 0.25) is 0 Å². The molecule has 1 amide bonds. The SMILES string of the molecule is CC(C)(C)NC(=O)COC(=O)c1ccc(-c2ccc(F)cc2)s1. The second-order valence-corrected chi connectivity index (χ2v) is 7.13. The van der Waals surface area contributed by atoms with Gasteiger partial charge in [-0.3, -0.25) is 4.79 Å². The number of esters is 1. The Bertz CT molecular complexity index is 701. The van der Waals surface area contributed by atoms with Crippen LogP contribution in [-0.2, 0) is 9.53 Å². The molecule has 2 rings (SSSR count). The van der Waals surface area contributed by atoms with Crippen molar-refractivity contribution in [3.8, 4) is 10.4 Å². The van der Waals surface area contributed by atoms with Gasteiger partial charge in [0.15, 0.2) is 6.61 Å². The molecule has 122 valence electrons. The van der Waals surface area contributed by atoms with Crippen molar-refractivity contribution in [2.24, 2.45) is 0 Å². The van der Waals surface area contributed by atoms with E-state index in [4.69, 9.17) is 4.74 Å². The molecule has 6 heteroatoms. The predicted octanol–water partition coefficient (Wildman–Crippen LogP) is 3.63. The van der Waals surface area contributed by atoms with E-state index < -0.39 is 5.97 Å². The Kier molecular flexibility index (Phi) is 5.15. The Morgan fingerprint density at radius 1 is 1.13 bits per heavy atom. The quantitative estimate of drug-likeness (QED) is 0.868. The van der Waals surface area contributed by atoms with Gasteiger partial charge in [-0.25, -0.2) is 9.18 Å². The molecule has 0 radical (unpaired) electrons. The van der Waals surface area contributed by atoms with Gasteiger partial charge in [-0.15, -0.1) is 11.3 Å². The molecule has 0 spiro atoms. The Hall–Kier alpha value is -2.21. The zero-order valence-electron chi connectivity index (χ0n) is 13.2. The molecule has 0 aliphatic rings. The van der Waals surface area contributed by atoms with Crippen LogP contribution in [0.15, 0.2) is 36.4 Å². The lowest BCUT2D eigenvalue weighted by Gasteiger charge is -2.20. The maximum atomic E-state index is 12.9. The highest BCUT2D eigenvalue weighted by atomic mass is 32.1. The summed E-state index contributed by atoms with van der Waals surface area (Å²) in [5.74, 6) is -1.21. The standard InChI is InChI=1S/C17H18FNO3S/c1-17(2,3)19-15(20)10-22-16(21)14-9-8-13(23-14)11-4-6-12(18)7-5-11/h4-9H,10H2,1-3H3,(H,19,20). The van der Waals surface area contributed by atoms with E-state index in [1.807, 2.05) is 20.8 Å². The van der Waals surface area contributed by atoms with Crippen molar-refractivity contribution >= 4 is 23.2 Å². The zero-order chi connectivity index (χ0) is 17.0. The Morgan fingerprint density at radius 2 is 1.78 bits per heavy atom. The molecule has 0 fully saturated rings. The van der Waals surface area contributed by atoms with Crippen LogP contribution in [0.4, 0.5) is 4.39 Å². The molecule has 1 aromatic carbocycles. The van der Waals surface area contributed by atoms with Crippen LogP contribution >= 0.6 is 11.3 Å². The summed E-state index contributed by atoms with van der Waals surface area (Å²) in [6, 6.07) is 9.42. The first-order valence-electron chi connectivity index (χ1n) is 7.08. The molecular formula is C17H18FNO3S. The minimum Gasteiger partial charge on any atom is -0.451 e. The molecule has 0 aliphatic carbocycles. The van der Waals surface area contributed by atoms with Gasteiger partial charge in [0, 0.05) is 10.4 Å². The number of carbonyl (C=O) groups is 2. The number of amides is 1. The highest BCUT2D eigenvalue weighted by Gasteiger charge is 2.17. The Balaban J connectivity index is 1.96. The van der Waals surface area contributed by atoms with Crippen LogP contribution in [0.5, 0.6) is 0 Å². The maximum absolute atomic E-state index is 12.9. The lowest BCUT2D eigenvalue weighted by Crippen LogP contribution is -2.42. The van der Waals surface area contributed by atoms with E-state index in [1.165, 1.54) is 23.5 Å². The molecule has 0 aliphatic heterocycles. The monoisotopic (exact) mass is 335 g/mol. The van der Waals surface area contributed by atoms with Gasteiger partial charge in [-0.1, -0.05) is 12.1 Å². The van der Waals surface area contributed by atoms with Gasteiger partial charge in [0.1, 0.15) is 10.7 Å². The number of benzene rings is 1. The molecule has 0 atom stereocenters. The van der Waals surface area contributed by atoms with E-state index >= 15 is 0 Å². The van der Waals surface area contributed by atoms with Crippen molar-refractivity contribution in [1.29, 1.82) is 0 Å². The molecular weight excluding hydrogens is 317 g/mol. The number of nitrogens with one attached hydrogen (secondary N) is 1. The van der Waals surface area contributed by atoms with E-state index in [-0.39, 0.29) is 23.9 Å². The second-order valence-electron chi connectivity index (χ2n) is 6.05. The lowest BCUT2D eigenvalue weighted by molar-refractivity contribution is -0.125. The summed E-state index contributed by atoms with van der Waals surface area (Å²) >= 11 is 1.24. The van der Waals surface area contributed by atoms with Gasteiger partial charge in [-0.2, -0.15) is 0 Å². The topological polar surface area (TPSA) is 55.4 Å². The Morgan fingerprint density at radius 3 is 2.39 bits per heavy atom. The highest BCUT2D eigenvalue weighted by molar-refractivity contribution is 7.17. The van der Waals surface area contributed by atoms with Crippen molar-refractivity contribution in [1.82, 2.24) is 5.32 Å². The molecule has 0 saturated heterocycles. The van der Waals surface area contributed by atoms with Crippen LogP contribution in [0.1, 0.15) is 30.4 Å². The molecule has 1 aromatic heterocycles. The third kappa shape index (κ3) is 5.17. The first-order valence-corrected chi connectivity index (χ1v) is 7.90. The summed E-state index contributed by atoms with van der Waals surface area (Å²) in [5.41, 5.74) is 0.447. The number of hydrogen-bond donors (Lipinski definition) is 1. The van der Waals surface area contributed by atoms with Crippen LogP contribution in [-0.4, -0.2) is 24.0 Å². The summed E-state index contributed by atoms with van der Waals surface area (Å²) < 4.78 is 17.9. The molecule has 0 bridgehead atoms. The smallest absolute Gasteiger partial charge is 0.348 e. The van der Waals surface area contributed by atoms with Crippen LogP contribution in [0.2, 0.25) is 0 Å². The van der Waals surface area contributed by atoms with Crippen molar-refractivity contribution in [2.75, 3.05) is 6.61 Å². The number of hydrogen-bond acceptors (Lipinski definition) is 4. The van der Waals surface area contributed by atoms with E-state index in [1.54, 1.807) is 24.3 Å². The lowest BCUT2D eigenvalue weighted by atomic mass is 10.1. The fourth-order valence-electron chi connectivity index (χ4n) is 1.87. The number of thiophene rings is 1. The summed E-state index contributed by atoms with van der Waals surface area (Å²) in [6.07, 6.45) is 0. The minimum absolute atomic E-state index is 0.310. The second kappa shape index (κ2) is 6.91. The van der Waals surface area contributed by atoms with Crippen LogP contribution in [0, 0.1) is 5.82 Å². The van der Waals surface area contributed by atoms with Gasteiger partial charge < -0.3 is 10.1 Å². The fraction of sp³-hybridized carbons (Fsp3) is 0.294. The van der Waals surface area contributed by atoms with Crippen LogP contribution in [0.25, 0.3) is 10.4 Å². The van der Waals surface area contributed by atoms with Gasteiger partial charge >= 0.3 is 5.97 Å². The third-order valence-corrected chi connectivity index (χ3v) is 3.90. The zero-order valence-corrected chi connectivity index (χ0v) is 14.0. The maximum Gasteiger partial charge on any atom is 0.348 e. The summed E-state index contributed by atoms with van der Waals surface area (Å²) in [4.78, 5) is 24.8. The van der Waals surface area contributed by atoms with Gasteiger partial charge in [0.05, 0.1) is 0 Å². The van der Waals surface area contributed by atoms with Crippen molar-refractivity contribution in [2.45, 2.75) is 26.3 Å². The third-order valence-electron chi connectivity index (χ3n) is 2.78. The summed E-state index contributed by atoms with van der Waals surface area (Å²) in [6.45, 7) is 5.22. The molecule has 2 aromatic rings. The van der Waals surface area contributed by atoms with E-state index in [2.05, 4.69) is 5.32 Å². The number of rotatable bonds is 4. The fourth-order valence-corrected chi connectivity index (χ4v) is 2.78. The molecule has 4 nitrogen and oxygen atoms in total. The van der Waals surface area contributed by atoms with Crippen molar-refractivity contribution in [3.63, 3.8) is 0 Å². The predicted molar refractivity (Wildman–Crippen MR) is 87.9 cm³/mol. The van der Waals surface area contributed by atoms with Crippen molar-refractivity contribution < 1.29 is 18.7 Å². The number of carbonyl (C=O) groups excluding carboxylic acids is 2. The van der Waals surface area contributed by atoms with Gasteiger partial charge in [-0.05, 0) is 50.6 Å². The summed E-state index contributed by atoms with van der Waals surface area (Å²) in [5, 5.41) is 2.71. The van der Waals surface area contributed by atoms with Crippen molar-refractivity contribution in [3.05, 3.63) is 47.1 Å². The minimum atomic E-state index is -0.549. The van der Waals surface area contributed by atoms with Crippen LogP contribution < -0.4 is 5.32 Å². The van der Waals surface area contributed by atoms with E-state index in [0.29, 0.717) is 4.88 Å². The highest BCUT2D eigenvalue weighted by Crippen LogP contribution is 2.28. The molecule has 1 heterocycles. The average molecular weight is 335 g/mol. The number of halogens is 1. The summed E-state index contributed by atoms with van der Waals surface area (Å²) in [7, 11) is 0. The molecule has 0 unspecified atom stereocenters. The van der Waals surface area contributed by atoms with E-state index in [9.17, 15) is 14.0 Å². The largest absolute Gasteiger partial charge is 0.451 e. The molecule has 1 N–H and O–H groups in total. The Labute approximate surface area is 138 Å². The first-order chi connectivity index (χ1) is 10.7. The van der Waals surface area contributed by atoms with E-state index in [0.717, 1.165) is 10.4 Å². The molecule has 23 heavy (non-hydrogen) atoms. The van der Waals surface area contributed by atoms with Gasteiger partial charge in [0.25, 0.3) is 5.91 Å². The van der Waals surface area contributed by atoms with Crippen LogP contribution in [0.3, 0.4) is 0 Å². The normalized spacial score (nSPS) is 11.1. The average Bonchev–Trinajstić information content (AvgIpc) is 2.93. The number of ether oxygens (including phenoxy) is 1.